The molecule has 0 fully saturated rings. The predicted molar refractivity (Wildman–Crippen MR) is 66.8 cm³/mol. The number of non-ortho nitro benzene ring substituents is 1. The average molecular weight is 281 g/mol. The third-order valence-corrected chi connectivity index (χ3v) is 2.03. The molecule has 0 saturated heterocycles. The number of nitrogens with zero attached hydrogens (tertiary/aromatic N) is 2. The SMILES string of the molecule is CCOC(=O)/C(N)=N/OC(=O)c1ccc([N+](=O)[O-])cc1. The zero-order valence-corrected chi connectivity index (χ0v) is 10.4. The van der Waals surface area contributed by atoms with E-state index in [4.69, 9.17) is 5.73 Å². The summed E-state index contributed by atoms with van der Waals surface area (Å²) >= 11 is 0. The number of carbonyl (C=O) groups excluding carboxylic acids is 2. The molecule has 20 heavy (non-hydrogen) atoms. The first-order valence-corrected chi connectivity index (χ1v) is 5.42. The maximum absolute atomic E-state index is 11.5. The standard InChI is InChI=1S/C11H11N3O6/c1-2-19-11(16)9(12)13-20-10(15)7-3-5-8(6-4-7)14(17)18/h3-6H,2H2,1H3,(H2,12,13). The number of nitro benzene ring substituents is 1. The van der Waals surface area contributed by atoms with Crippen LogP contribution in [0.5, 0.6) is 0 Å². The minimum Gasteiger partial charge on any atom is -0.460 e. The van der Waals surface area contributed by atoms with Crippen LogP contribution in [0, 0.1) is 10.1 Å². The Morgan fingerprint density at radius 1 is 1.35 bits per heavy atom. The highest BCUT2D eigenvalue weighted by Crippen LogP contribution is 2.12. The van der Waals surface area contributed by atoms with E-state index >= 15 is 0 Å². The number of nitro groups is 1. The molecule has 0 bridgehead atoms. The van der Waals surface area contributed by atoms with E-state index < -0.39 is 22.7 Å². The van der Waals surface area contributed by atoms with Gasteiger partial charge in [-0.15, -0.1) is 0 Å². The quantitative estimate of drug-likeness (QED) is 0.213. The molecule has 0 aliphatic rings. The molecule has 9 nitrogen and oxygen atoms in total. The molecular weight excluding hydrogens is 270 g/mol. The van der Waals surface area contributed by atoms with Gasteiger partial charge in [-0.25, -0.2) is 9.59 Å². The molecule has 0 amide bonds. The van der Waals surface area contributed by atoms with Crippen molar-refractivity contribution in [3.63, 3.8) is 0 Å². The van der Waals surface area contributed by atoms with Crippen LogP contribution in [0.4, 0.5) is 5.69 Å². The molecule has 0 radical (unpaired) electrons. The third kappa shape index (κ3) is 4.05. The smallest absolute Gasteiger partial charge is 0.377 e. The number of rotatable bonds is 4. The number of hydrogen-bond acceptors (Lipinski definition) is 7. The van der Waals surface area contributed by atoms with Crippen LogP contribution in [-0.4, -0.2) is 29.3 Å². The Morgan fingerprint density at radius 2 is 1.95 bits per heavy atom. The van der Waals surface area contributed by atoms with Crippen LogP contribution in [0.2, 0.25) is 0 Å². The molecule has 1 rings (SSSR count). The van der Waals surface area contributed by atoms with Crippen molar-refractivity contribution in [2.75, 3.05) is 6.61 Å². The summed E-state index contributed by atoms with van der Waals surface area (Å²) in [6, 6.07) is 4.65. The van der Waals surface area contributed by atoms with E-state index in [9.17, 15) is 19.7 Å². The van der Waals surface area contributed by atoms with Crippen molar-refractivity contribution in [3.8, 4) is 0 Å². The van der Waals surface area contributed by atoms with E-state index in [1.807, 2.05) is 0 Å². The monoisotopic (exact) mass is 281 g/mol. The molecule has 0 saturated carbocycles. The first-order valence-electron chi connectivity index (χ1n) is 5.42. The van der Waals surface area contributed by atoms with Gasteiger partial charge in [-0.1, -0.05) is 0 Å². The molecule has 0 aliphatic heterocycles. The van der Waals surface area contributed by atoms with Crippen LogP contribution >= 0.6 is 0 Å². The number of carbonyl (C=O) groups is 2. The average Bonchev–Trinajstić information content (AvgIpc) is 2.44. The Kier molecular flexibility index (Phi) is 5.15. The van der Waals surface area contributed by atoms with E-state index in [0.717, 1.165) is 12.1 Å². The van der Waals surface area contributed by atoms with Crippen LogP contribution < -0.4 is 5.73 Å². The molecule has 0 atom stereocenters. The van der Waals surface area contributed by atoms with Gasteiger partial charge >= 0.3 is 11.9 Å². The number of ether oxygens (including phenoxy) is 1. The lowest BCUT2D eigenvalue weighted by molar-refractivity contribution is -0.384. The van der Waals surface area contributed by atoms with E-state index in [0.29, 0.717) is 0 Å². The van der Waals surface area contributed by atoms with E-state index in [1.165, 1.54) is 12.1 Å². The summed E-state index contributed by atoms with van der Waals surface area (Å²) < 4.78 is 4.52. The van der Waals surface area contributed by atoms with Crippen LogP contribution in [0.1, 0.15) is 17.3 Å². The van der Waals surface area contributed by atoms with Crippen LogP contribution in [-0.2, 0) is 14.4 Å². The lowest BCUT2D eigenvalue weighted by Gasteiger charge is -2.01. The molecule has 0 heterocycles. The number of hydrogen-bond donors (Lipinski definition) is 1. The maximum atomic E-state index is 11.5. The maximum Gasteiger partial charge on any atom is 0.377 e. The molecule has 0 spiro atoms. The van der Waals surface area contributed by atoms with Crippen LogP contribution in [0.15, 0.2) is 29.4 Å². The number of esters is 1. The zero-order chi connectivity index (χ0) is 15.1. The highest BCUT2D eigenvalue weighted by atomic mass is 16.7. The Bertz CT molecular complexity index is 552. The lowest BCUT2D eigenvalue weighted by atomic mass is 10.2. The zero-order valence-electron chi connectivity index (χ0n) is 10.4. The van der Waals surface area contributed by atoms with Crippen molar-refractivity contribution in [1.29, 1.82) is 0 Å². The van der Waals surface area contributed by atoms with Gasteiger partial charge in [-0.3, -0.25) is 10.1 Å². The molecule has 1 aromatic rings. The van der Waals surface area contributed by atoms with Crippen molar-refractivity contribution in [2.45, 2.75) is 6.92 Å². The van der Waals surface area contributed by atoms with Gasteiger partial charge in [-0.05, 0) is 24.2 Å². The molecule has 9 heteroatoms. The molecule has 0 aromatic heterocycles. The third-order valence-electron chi connectivity index (χ3n) is 2.03. The molecule has 0 unspecified atom stereocenters. The summed E-state index contributed by atoms with van der Waals surface area (Å²) in [6.07, 6.45) is 0. The molecule has 0 aliphatic carbocycles. The second kappa shape index (κ2) is 6.83. The highest BCUT2D eigenvalue weighted by Gasteiger charge is 2.13. The predicted octanol–water partition coefficient (Wildman–Crippen LogP) is 0.587. The summed E-state index contributed by atoms with van der Waals surface area (Å²) in [4.78, 5) is 36.8. The molecule has 1 aromatic carbocycles. The fourth-order valence-electron chi connectivity index (χ4n) is 1.10. The van der Waals surface area contributed by atoms with E-state index in [-0.39, 0.29) is 17.9 Å². The van der Waals surface area contributed by atoms with Crippen LogP contribution in [0.25, 0.3) is 0 Å². The Balaban J connectivity index is 2.69. The Morgan fingerprint density at radius 3 is 2.45 bits per heavy atom. The molecular formula is C11H11N3O6. The summed E-state index contributed by atoms with van der Waals surface area (Å²) in [6.45, 7) is 1.68. The summed E-state index contributed by atoms with van der Waals surface area (Å²) in [5.74, 6) is -2.43. The van der Waals surface area contributed by atoms with Gasteiger partial charge < -0.3 is 15.3 Å². The number of benzene rings is 1. The van der Waals surface area contributed by atoms with Gasteiger partial charge in [0.15, 0.2) is 0 Å². The summed E-state index contributed by atoms with van der Waals surface area (Å²) in [5.41, 5.74) is 5.06. The number of oxime groups is 1. The van der Waals surface area contributed by atoms with Crippen molar-refractivity contribution < 1.29 is 24.1 Å². The molecule has 2 N–H and O–H groups in total. The van der Waals surface area contributed by atoms with Gasteiger partial charge in [0.1, 0.15) is 0 Å². The van der Waals surface area contributed by atoms with Crippen molar-refractivity contribution in [2.24, 2.45) is 10.9 Å². The van der Waals surface area contributed by atoms with Gasteiger partial charge in [0.25, 0.3) is 5.69 Å². The largest absolute Gasteiger partial charge is 0.460 e. The molecule has 106 valence electrons. The summed E-state index contributed by atoms with van der Waals surface area (Å²) in [5, 5.41) is 13.5. The minimum atomic E-state index is -0.913. The number of amidine groups is 1. The van der Waals surface area contributed by atoms with Gasteiger partial charge in [0.2, 0.25) is 5.84 Å². The van der Waals surface area contributed by atoms with Gasteiger partial charge in [0, 0.05) is 12.1 Å². The second-order valence-electron chi connectivity index (χ2n) is 3.38. The Hall–Kier alpha value is -2.97. The van der Waals surface area contributed by atoms with Crippen molar-refractivity contribution in [3.05, 3.63) is 39.9 Å². The van der Waals surface area contributed by atoms with E-state index in [2.05, 4.69) is 14.7 Å². The van der Waals surface area contributed by atoms with Gasteiger partial charge in [0.05, 0.1) is 17.1 Å². The van der Waals surface area contributed by atoms with E-state index in [1.54, 1.807) is 6.92 Å². The fraction of sp³-hybridized carbons (Fsp3) is 0.182. The topological polar surface area (TPSA) is 134 Å². The number of nitrogens with two attached hydrogens (primary N) is 1. The fourth-order valence-corrected chi connectivity index (χ4v) is 1.10. The summed E-state index contributed by atoms with van der Waals surface area (Å²) in [7, 11) is 0. The van der Waals surface area contributed by atoms with Crippen LogP contribution in [0.3, 0.4) is 0 Å². The van der Waals surface area contributed by atoms with Gasteiger partial charge in [-0.2, -0.15) is 0 Å². The van der Waals surface area contributed by atoms with Crippen molar-refractivity contribution in [1.82, 2.24) is 0 Å². The highest BCUT2D eigenvalue weighted by molar-refractivity contribution is 6.34. The lowest BCUT2D eigenvalue weighted by Crippen LogP contribution is -2.26. The second-order valence-corrected chi connectivity index (χ2v) is 3.38. The Labute approximate surface area is 113 Å². The normalized spacial score (nSPS) is 10.8. The van der Waals surface area contributed by atoms with Crippen molar-refractivity contribution >= 4 is 23.5 Å². The minimum absolute atomic E-state index is 0.0241. The first kappa shape index (κ1) is 15.1. The first-order chi connectivity index (χ1) is 9.45.